The first-order valence-electron chi connectivity index (χ1n) is 25.2. The molecule has 0 spiro atoms. The molecule has 0 aromatic heterocycles. The van der Waals surface area contributed by atoms with Gasteiger partial charge in [-0.15, -0.1) is 0 Å². The van der Waals surface area contributed by atoms with Crippen LogP contribution >= 0.6 is 0 Å². The van der Waals surface area contributed by atoms with Gasteiger partial charge in [0, 0.05) is 58.5 Å². The van der Waals surface area contributed by atoms with Gasteiger partial charge in [-0.1, -0.05) is 71.1 Å². The second-order valence-corrected chi connectivity index (χ2v) is 20.4. The Morgan fingerprint density at radius 2 is 1.57 bits per heavy atom. The second kappa shape index (κ2) is 27.5. The fraction of sp³-hybridized carbons (Fsp3) is 0.774. The number of esters is 1. The molecule has 0 aromatic carbocycles. The number of aliphatic hydroxyl groups is 4. The molecule has 3 fully saturated rings. The van der Waals surface area contributed by atoms with Crippen molar-refractivity contribution in [3.63, 3.8) is 0 Å². The summed E-state index contributed by atoms with van der Waals surface area (Å²) in [6.07, 6.45) is 11.7. The third kappa shape index (κ3) is 15.4. The zero-order valence-corrected chi connectivity index (χ0v) is 42.5. The van der Waals surface area contributed by atoms with E-state index >= 15 is 0 Å². The molecule has 3 heterocycles. The second-order valence-electron chi connectivity index (χ2n) is 20.4. The number of hydrogen-bond donors (Lipinski definition) is 4. The summed E-state index contributed by atoms with van der Waals surface area (Å²) in [5.74, 6) is -7.26. The topological polar surface area (TPSA) is 208 Å². The SMILES string of the molecule is CO[C@H]1C[C@@H]2CC[C@@H](C)[C@@](O)(O2)C(=O)C(=O)N2CCCC[C@H]2C(=O)O[C@H]([C@@H](C)C[C@@H]2CC[C@@H](OCCO)[C@H](OC)C2)CC(O)[C@H](C)/C=C(\C)[C@@H](O)[C@@H](OC)C(=O)[C@H](C)C[C@H](C)/C=C/C=C/C=C/1C. The molecule has 2 bridgehead atoms. The molecule has 16 atom stereocenters. The van der Waals surface area contributed by atoms with Crippen LogP contribution in [0.4, 0.5) is 0 Å². The fourth-order valence-electron chi connectivity index (χ4n) is 10.6. The van der Waals surface area contributed by atoms with Gasteiger partial charge in [-0.05, 0) is 107 Å². The molecule has 1 saturated carbocycles. The van der Waals surface area contributed by atoms with E-state index in [2.05, 4.69) is 0 Å². The lowest BCUT2D eigenvalue weighted by Crippen LogP contribution is -2.61. The molecular formula is C53H85NO14. The van der Waals surface area contributed by atoms with Crippen molar-refractivity contribution in [1.82, 2.24) is 4.90 Å². The van der Waals surface area contributed by atoms with Crippen LogP contribution in [0.1, 0.15) is 126 Å². The van der Waals surface area contributed by atoms with Crippen molar-refractivity contribution in [3.8, 4) is 0 Å². The van der Waals surface area contributed by atoms with Crippen LogP contribution in [0.25, 0.3) is 0 Å². The molecule has 0 aromatic rings. The normalized spacial score (nSPS) is 40.2. The van der Waals surface area contributed by atoms with E-state index in [1.807, 2.05) is 58.1 Å². The van der Waals surface area contributed by atoms with Crippen LogP contribution in [0.5, 0.6) is 0 Å². The molecule has 4 aliphatic rings. The number of ketones is 2. The van der Waals surface area contributed by atoms with Gasteiger partial charge < -0.3 is 53.7 Å². The quantitative estimate of drug-likeness (QED) is 0.119. The van der Waals surface area contributed by atoms with Gasteiger partial charge in [-0.2, -0.15) is 0 Å². The van der Waals surface area contributed by atoms with Crippen molar-refractivity contribution in [2.45, 2.75) is 186 Å². The number of ether oxygens (including phenoxy) is 6. The smallest absolute Gasteiger partial charge is 0.329 e. The third-order valence-corrected chi connectivity index (χ3v) is 15.1. The molecule has 1 amide bonds. The summed E-state index contributed by atoms with van der Waals surface area (Å²) in [6, 6.07) is -1.12. The monoisotopic (exact) mass is 960 g/mol. The highest BCUT2D eigenvalue weighted by Crippen LogP contribution is 2.38. The fourth-order valence-corrected chi connectivity index (χ4v) is 10.6. The van der Waals surface area contributed by atoms with Crippen LogP contribution < -0.4 is 0 Å². The number of aliphatic hydroxyl groups excluding tert-OH is 3. The van der Waals surface area contributed by atoms with Crippen LogP contribution in [0.3, 0.4) is 0 Å². The number of Topliss-reactive ketones (excluding diaryl/α,β-unsaturated/α-hetero) is 2. The van der Waals surface area contributed by atoms with Crippen LogP contribution in [0, 0.1) is 35.5 Å². The van der Waals surface area contributed by atoms with Crippen molar-refractivity contribution in [1.29, 1.82) is 0 Å². The number of carbonyl (C=O) groups is 4. The van der Waals surface area contributed by atoms with E-state index in [9.17, 15) is 39.6 Å². The Hall–Kier alpha value is -3.12. The minimum absolute atomic E-state index is 0.0180. The predicted octanol–water partition coefficient (Wildman–Crippen LogP) is 5.99. The van der Waals surface area contributed by atoms with Crippen molar-refractivity contribution in [2.75, 3.05) is 41.1 Å². The van der Waals surface area contributed by atoms with Crippen LogP contribution in [-0.2, 0) is 47.6 Å². The third-order valence-electron chi connectivity index (χ3n) is 15.1. The van der Waals surface area contributed by atoms with Crippen LogP contribution in [-0.4, -0.2) is 151 Å². The first-order chi connectivity index (χ1) is 32.3. The maximum atomic E-state index is 14.5. The number of cyclic esters (lactones) is 1. The number of carbonyl (C=O) groups excluding carboxylic acids is 4. The highest BCUT2D eigenvalue weighted by atomic mass is 16.6. The summed E-state index contributed by atoms with van der Waals surface area (Å²) in [4.78, 5) is 58.0. The van der Waals surface area contributed by atoms with E-state index in [0.29, 0.717) is 56.9 Å². The molecule has 15 nitrogen and oxygen atoms in total. The number of fused-ring (bicyclic) bond motifs is 3. The van der Waals surface area contributed by atoms with Crippen LogP contribution in [0.15, 0.2) is 47.6 Å². The molecule has 15 heteroatoms. The van der Waals surface area contributed by atoms with Gasteiger partial charge in [-0.3, -0.25) is 14.4 Å². The molecule has 1 unspecified atom stereocenters. The first kappa shape index (κ1) is 57.5. The van der Waals surface area contributed by atoms with Gasteiger partial charge in [0.15, 0.2) is 5.78 Å². The van der Waals surface area contributed by atoms with Crippen molar-refractivity contribution >= 4 is 23.4 Å². The Bertz CT molecular complexity index is 1760. The van der Waals surface area contributed by atoms with Gasteiger partial charge in [0.1, 0.15) is 24.4 Å². The molecule has 3 aliphatic heterocycles. The number of nitrogens with zero attached hydrogens (tertiary/aromatic N) is 1. The molecular weight excluding hydrogens is 875 g/mol. The van der Waals surface area contributed by atoms with Gasteiger partial charge in [-0.25, -0.2) is 4.79 Å². The van der Waals surface area contributed by atoms with E-state index in [1.165, 1.54) is 12.0 Å². The van der Waals surface area contributed by atoms with E-state index in [1.54, 1.807) is 41.1 Å². The number of rotatable bonds is 9. The number of piperidine rings is 1. The highest BCUT2D eigenvalue weighted by molar-refractivity contribution is 6.39. The van der Waals surface area contributed by atoms with E-state index in [-0.39, 0.29) is 68.3 Å². The minimum atomic E-state index is -2.42. The van der Waals surface area contributed by atoms with Crippen LogP contribution in [0.2, 0.25) is 0 Å². The first-order valence-corrected chi connectivity index (χ1v) is 25.2. The summed E-state index contributed by atoms with van der Waals surface area (Å²) in [7, 11) is 4.62. The Kier molecular flexibility index (Phi) is 23.2. The highest BCUT2D eigenvalue weighted by Gasteiger charge is 2.53. The average Bonchev–Trinajstić information content (AvgIpc) is 3.32. The average molecular weight is 960 g/mol. The lowest BCUT2D eigenvalue weighted by Gasteiger charge is -2.43. The molecule has 2 saturated heterocycles. The number of amides is 1. The summed E-state index contributed by atoms with van der Waals surface area (Å²) < 4.78 is 35.7. The van der Waals surface area contributed by atoms with E-state index in [4.69, 9.17) is 28.4 Å². The lowest BCUT2D eigenvalue weighted by molar-refractivity contribution is -0.265. The molecule has 68 heavy (non-hydrogen) atoms. The van der Waals surface area contributed by atoms with Crippen molar-refractivity contribution in [3.05, 3.63) is 47.6 Å². The molecule has 4 N–H and O–H groups in total. The van der Waals surface area contributed by atoms with E-state index in [0.717, 1.165) is 18.4 Å². The van der Waals surface area contributed by atoms with Gasteiger partial charge >= 0.3 is 5.97 Å². The maximum absolute atomic E-state index is 14.5. The largest absolute Gasteiger partial charge is 0.460 e. The van der Waals surface area contributed by atoms with Crippen molar-refractivity contribution in [2.24, 2.45) is 35.5 Å². The molecule has 1 aliphatic carbocycles. The molecule has 0 radical (unpaired) electrons. The summed E-state index contributed by atoms with van der Waals surface area (Å²) >= 11 is 0. The number of methoxy groups -OCH3 is 3. The lowest BCUT2D eigenvalue weighted by atomic mass is 9.78. The zero-order chi connectivity index (χ0) is 50.3. The zero-order valence-electron chi connectivity index (χ0n) is 42.5. The number of allylic oxidation sites excluding steroid dienone is 5. The molecule has 386 valence electrons. The van der Waals surface area contributed by atoms with Gasteiger partial charge in [0.05, 0.1) is 43.7 Å². The number of hydrogen-bond acceptors (Lipinski definition) is 14. The predicted molar refractivity (Wildman–Crippen MR) is 257 cm³/mol. The van der Waals surface area contributed by atoms with E-state index < -0.39 is 83.9 Å². The molecule has 4 rings (SSSR count). The summed E-state index contributed by atoms with van der Waals surface area (Å²) in [5.41, 5.74) is 1.33. The Morgan fingerprint density at radius 1 is 0.838 bits per heavy atom. The Balaban J connectivity index is 1.69. The minimum Gasteiger partial charge on any atom is -0.460 e. The summed E-state index contributed by atoms with van der Waals surface area (Å²) in [6.45, 7) is 13.1. The maximum Gasteiger partial charge on any atom is 0.329 e. The Morgan fingerprint density at radius 3 is 2.25 bits per heavy atom. The standard InChI is InChI=1S/C53H85NO14/c1-32-16-12-11-13-17-33(2)44(63-8)30-40-21-19-38(7)53(62,68-40)50(59)51(60)54-23-15-14-18-41(54)52(61)67-45(35(4)28-39-20-22-43(66-25-24-55)46(29-39)64-9)31-42(56)34(3)27-37(6)48(58)49(65-10)47(57)36(5)26-32/h11-13,16-17,27,32,34-36,38-46,48-49,55-56,58,62H,14-15,18-26,28-31H2,1-10H3/b13-11+,16-12+,33-17+,37-27+/t32-,34-,35+,36-,38-,39+,40+,41+,42?,43-,44+,45+,46-,48-,49+,53-/m1/s1. The van der Waals surface area contributed by atoms with Gasteiger partial charge in [0.2, 0.25) is 5.79 Å². The van der Waals surface area contributed by atoms with Gasteiger partial charge in [0.25, 0.3) is 11.7 Å². The Labute approximate surface area is 405 Å². The summed E-state index contributed by atoms with van der Waals surface area (Å²) in [5, 5.41) is 44.7. The van der Waals surface area contributed by atoms with Crippen molar-refractivity contribution < 1.29 is 68.0 Å².